The number of hydrogen-bond acceptors (Lipinski definition) is 5. The topological polar surface area (TPSA) is 58.7 Å². The first kappa shape index (κ1) is 19.4. The molecule has 2 aromatic carbocycles. The van der Waals surface area contributed by atoms with Crippen molar-refractivity contribution in [2.75, 3.05) is 0 Å². The molecule has 2 aromatic heterocycles. The lowest BCUT2D eigenvalue weighted by Crippen LogP contribution is -2.22. The summed E-state index contributed by atoms with van der Waals surface area (Å²) in [5, 5.41) is 9.88. The zero-order valence-corrected chi connectivity index (χ0v) is 17.4. The fraction of sp³-hybridized carbons (Fsp3) is 0.136. The van der Waals surface area contributed by atoms with Crippen LogP contribution >= 0.6 is 23.1 Å². The molecule has 0 saturated heterocycles. The summed E-state index contributed by atoms with van der Waals surface area (Å²) >= 11 is 2.69. The molecule has 0 aliphatic rings. The van der Waals surface area contributed by atoms with Gasteiger partial charge < -0.3 is 0 Å². The SMILES string of the molecule is Cc1sc2nc(SC(C)C#N)n(-c3ccccc3)c(=O)c2c1-c1ccc(F)cc1. The van der Waals surface area contributed by atoms with Gasteiger partial charge in [0.1, 0.15) is 10.6 Å². The van der Waals surface area contributed by atoms with E-state index < -0.39 is 0 Å². The largest absolute Gasteiger partial charge is 0.268 e. The van der Waals surface area contributed by atoms with Crippen LogP contribution in [-0.4, -0.2) is 14.8 Å². The van der Waals surface area contributed by atoms with Gasteiger partial charge in [0.25, 0.3) is 5.56 Å². The number of halogens is 1. The summed E-state index contributed by atoms with van der Waals surface area (Å²) < 4.78 is 15.0. The summed E-state index contributed by atoms with van der Waals surface area (Å²) in [6.45, 7) is 3.71. The van der Waals surface area contributed by atoms with E-state index in [1.165, 1.54) is 35.2 Å². The zero-order valence-electron chi connectivity index (χ0n) is 15.7. The van der Waals surface area contributed by atoms with Crippen LogP contribution in [-0.2, 0) is 0 Å². The minimum atomic E-state index is -0.355. The predicted octanol–water partition coefficient (Wildman–Crippen LogP) is 5.57. The number of rotatable bonds is 4. The predicted molar refractivity (Wildman–Crippen MR) is 116 cm³/mol. The van der Waals surface area contributed by atoms with Crippen LogP contribution in [0, 0.1) is 24.1 Å². The van der Waals surface area contributed by atoms with E-state index in [9.17, 15) is 14.4 Å². The van der Waals surface area contributed by atoms with Crippen LogP contribution in [0.3, 0.4) is 0 Å². The molecule has 0 N–H and O–H groups in total. The summed E-state index contributed by atoms with van der Waals surface area (Å²) in [4.78, 5) is 20.0. The lowest BCUT2D eigenvalue weighted by molar-refractivity contribution is 0.628. The van der Waals surface area contributed by atoms with E-state index in [0.29, 0.717) is 21.1 Å². The van der Waals surface area contributed by atoms with Crippen molar-refractivity contribution < 1.29 is 4.39 Å². The zero-order chi connectivity index (χ0) is 20.5. The van der Waals surface area contributed by atoms with E-state index in [2.05, 4.69) is 6.07 Å². The third-order valence-electron chi connectivity index (χ3n) is 4.48. The molecule has 1 unspecified atom stereocenters. The Labute approximate surface area is 175 Å². The van der Waals surface area contributed by atoms with Crippen molar-refractivity contribution in [3.05, 3.63) is 75.6 Å². The Hall–Kier alpha value is -2.95. The van der Waals surface area contributed by atoms with Gasteiger partial charge in [-0.25, -0.2) is 9.37 Å². The molecule has 0 spiro atoms. The summed E-state index contributed by atoms with van der Waals surface area (Å²) in [5.41, 5.74) is 2.04. The first-order valence-corrected chi connectivity index (χ1v) is 10.6. The highest BCUT2D eigenvalue weighted by Crippen LogP contribution is 2.37. The number of benzene rings is 2. The monoisotopic (exact) mass is 421 g/mol. The molecule has 4 aromatic rings. The van der Waals surface area contributed by atoms with Crippen molar-refractivity contribution in [3.8, 4) is 22.9 Å². The highest BCUT2D eigenvalue weighted by molar-refractivity contribution is 8.00. The maximum absolute atomic E-state index is 13.7. The highest BCUT2D eigenvalue weighted by atomic mass is 32.2. The average molecular weight is 422 g/mol. The lowest BCUT2D eigenvalue weighted by atomic mass is 10.0. The molecule has 1 atom stereocenters. The number of hydrogen-bond donors (Lipinski definition) is 0. The van der Waals surface area contributed by atoms with Gasteiger partial charge in [0.15, 0.2) is 5.16 Å². The summed E-state index contributed by atoms with van der Waals surface area (Å²) in [5.74, 6) is -0.324. The molecule has 4 rings (SSSR count). The minimum Gasteiger partial charge on any atom is -0.268 e. The Morgan fingerprint density at radius 1 is 1.17 bits per heavy atom. The van der Waals surface area contributed by atoms with Crippen LogP contribution in [0.1, 0.15) is 11.8 Å². The van der Waals surface area contributed by atoms with Crippen LogP contribution in [0.2, 0.25) is 0 Å². The normalized spacial score (nSPS) is 12.1. The molecule has 0 aliphatic carbocycles. The smallest absolute Gasteiger partial charge is 0.268 e. The first-order valence-electron chi connectivity index (χ1n) is 8.93. The molecule has 0 saturated carbocycles. The Bertz CT molecular complexity index is 1290. The van der Waals surface area contributed by atoms with E-state index in [0.717, 1.165) is 16.0 Å². The van der Waals surface area contributed by atoms with Crippen molar-refractivity contribution in [2.24, 2.45) is 0 Å². The molecule has 0 amide bonds. The van der Waals surface area contributed by atoms with E-state index >= 15 is 0 Å². The molecule has 7 heteroatoms. The second-order valence-electron chi connectivity index (χ2n) is 6.48. The number of aryl methyl sites for hydroxylation is 1. The lowest BCUT2D eigenvalue weighted by Gasteiger charge is -2.13. The third kappa shape index (κ3) is 3.57. The quantitative estimate of drug-likeness (QED) is 0.319. The number of aromatic nitrogens is 2. The summed E-state index contributed by atoms with van der Waals surface area (Å²) in [7, 11) is 0. The number of fused-ring (bicyclic) bond motifs is 1. The van der Waals surface area contributed by atoms with Crippen molar-refractivity contribution in [1.82, 2.24) is 9.55 Å². The maximum atomic E-state index is 13.7. The van der Waals surface area contributed by atoms with E-state index in [-0.39, 0.29) is 16.6 Å². The molecular weight excluding hydrogens is 405 g/mol. The molecule has 0 aliphatic heterocycles. The molecular formula is C22H16FN3OS2. The fourth-order valence-corrected chi connectivity index (χ4v) is 5.08. The molecule has 29 heavy (non-hydrogen) atoms. The second kappa shape index (κ2) is 7.82. The van der Waals surface area contributed by atoms with Gasteiger partial charge in [-0.2, -0.15) is 5.26 Å². The van der Waals surface area contributed by atoms with Gasteiger partial charge >= 0.3 is 0 Å². The standard InChI is InChI=1S/C22H16FN3OS2/c1-13(12-24)28-22-25-20-19(21(27)26(22)17-6-4-3-5-7-17)18(14(2)29-20)15-8-10-16(23)11-9-15/h3-11,13H,1-2H3. The van der Waals surface area contributed by atoms with Gasteiger partial charge in [-0.3, -0.25) is 9.36 Å². The van der Waals surface area contributed by atoms with E-state index in [1.807, 2.05) is 37.3 Å². The van der Waals surface area contributed by atoms with Crippen LogP contribution in [0.5, 0.6) is 0 Å². The fourth-order valence-electron chi connectivity index (χ4n) is 3.18. The van der Waals surface area contributed by atoms with Gasteiger partial charge in [-0.05, 0) is 43.7 Å². The van der Waals surface area contributed by atoms with Crippen LogP contribution in [0.25, 0.3) is 27.0 Å². The van der Waals surface area contributed by atoms with Crippen molar-refractivity contribution in [1.29, 1.82) is 5.26 Å². The van der Waals surface area contributed by atoms with Gasteiger partial charge in [-0.1, -0.05) is 42.1 Å². The van der Waals surface area contributed by atoms with Crippen LogP contribution in [0.4, 0.5) is 4.39 Å². The number of nitriles is 1. The Morgan fingerprint density at radius 2 is 1.86 bits per heavy atom. The number of thioether (sulfide) groups is 1. The molecule has 144 valence electrons. The molecule has 2 heterocycles. The first-order chi connectivity index (χ1) is 14.0. The Kier molecular flexibility index (Phi) is 5.22. The minimum absolute atomic E-state index is 0.197. The van der Waals surface area contributed by atoms with Crippen LogP contribution < -0.4 is 5.56 Å². The van der Waals surface area contributed by atoms with E-state index in [1.54, 1.807) is 23.6 Å². The maximum Gasteiger partial charge on any atom is 0.268 e. The number of nitrogens with zero attached hydrogens (tertiary/aromatic N) is 3. The number of para-hydroxylation sites is 1. The Balaban J connectivity index is 2.05. The Morgan fingerprint density at radius 3 is 2.52 bits per heavy atom. The summed E-state index contributed by atoms with van der Waals surface area (Å²) in [6.07, 6.45) is 0. The molecule has 4 nitrogen and oxygen atoms in total. The van der Waals surface area contributed by atoms with Crippen molar-refractivity contribution in [3.63, 3.8) is 0 Å². The molecule has 0 radical (unpaired) electrons. The van der Waals surface area contributed by atoms with Gasteiger partial charge in [0, 0.05) is 10.4 Å². The summed E-state index contributed by atoms with van der Waals surface area (Å²) in [6, 6.07) is 17.6. The second-order valence-corrected chi connectivity index (χ2v) is 8.99. The van der Waals surface area contributed by atoms with Crippen LogP contribution in [0.15, 0.2) is 64.5 Å². The van der Waals surface area contributed by atoms with Gasteiger partial charge in [0.05, 0.1) is 22.4 Å². The van der Waals surface area contributed by atoms with Gasteiger partial charge in [0.2, 0.25) is 0 Å². The van der Waals surface area contributed by atoms with Gasteiger partial charge in [-0.15, -0.1) is 11.3 Å². The van der Waals surface area contributed by atoms with Crippen molar-refractivity contribution in [2.45, 2.75) is 24.3 Å². The van der Waals surface area contributed by atoms with Crippen molar-refractivity contribution >= 4 is 33.3 Å². The molecule has 0 fully saturated rings. The van der Waals surface area contributed by atoms with E-state index in [4.69, 9.17) is 4.98 Å². The molecule has 0 bridgehead atoms. The average Bonchev–Trinajstić information content (AvgIpc) is 3.05. The third-order valence-corrected chi connectivity index (χ3v) is 6.43. The number of thiophene rings is 1. The highest BCUT2D eigenvalue weighted by Gasteiger charge is 2.21.